The van der Waals surface area contributed by atoms with Gasteiger partial charge in [0, 0.05) is 11.2 Å². The molecule has 1 aromatic heterocycles. The van der Waals surface area contributed by atoms with Crippen LogP contribution in [0.15, 0.2) is 98.8 Å². The maximum absolute atomic E-state index is 12.5. The van der Waals surface area contributed by atoms with E-state index in [0.29, 0.717) is 23.3 Å². The van der Waals surface area contributed by atoms with Crippen LogP contribution >= 0.6 is 11.8 Å². The second-order valence-corrected chi connectivity index (χ2v) is 9.17. The van der Waals surface area contributed by atoms with Crippen molar-refractivity contribution in [2.24, 2.45) is 0 Å². The Hall–Kier alpha value is -2.90. The van der Waals surface area contributed by atoms with Gasteiger partial charge in [-0.1, -0.05) is 78.5 Å². The molecule has 0 aliphatic rings. The van der Waals surface area contributed by atoms with Gasteiger partial charge in [0.05, 0.1) is 11.3 Å². The zero-order valence-corrected chi connectivity index (χ0v) is 17.1. The molecule has 1 heterocycles. The number of thioether (sulfide) groups is 1. The molecule has 0 aliphatic carbocycles. The Morgan fingerprint density at radius 2 is 1.66 bits per heavy atom. The van der Waals surface area contributed by atoms with Crippen molar-refractivity contribution in [2.75, 3.05) is 5.75 Å². The summed E-state index contributed by atoms with van der Waals surface area (Å²) >= 11 is 1.30. The summed E-state index contributed by atoms with van der Waals surface area (Å²) in [4.78, 5) is 0.278. The molecule has 4 rings (SSSR count). The molecule has 0 saturated carbocycles. The minimum Gasteiger partial charge on any atom is -0.416 e. The lowest BCUT2D eigenvalue weighted by atomic mass is 10.1. The van der Waals surface area contributed by atoms with Crippen molar-refractivity contribution in [1.82, 2.24) is 10.2 Å². The third-order valence-electron chi connectivity index (χ3n) is 4.27. The number of rotatable bonds is 7. The fourth-order valence-electron chi connectivity index (χ4n) is 2.85. The SMILES string of the molecule is O=S(=O)(/C=C/CSc1nnc(Cc2ccccc2)o1)c1ccc2ccccc2c1. The van der Waals surface area contributed by atoms with Crippen LogP contribution in [-0.4, -0.2) is 24.4 Å². The highest BCUT2D eigenvalue weighted by Crippen LogP contribution is 2.22. The number of sulfone groups is 1. The minimum atomic E-state index is -3.50. The maximum Gasteiger partial charge on any atom is 0.276 e. The molecular weight excluding hydrogens is 404 g/mol. The molecule has 0 radical (unpaired) electrons. The first-order chi connectivity index (χ1) is 14.1. The molecule has 0 amide bonds. The minimum absolute atomic E-state index is 0.278. The van der Waals surface area contributed by atoms with Crippen LogP contribution in [0.25, 0.3) is 10.8 Å². The van der Waals surface area contributed by atoms with Crippen molar-refractivity contribution >= 4 is 32.4 Å². The van der Waals surface area contributed by atoms with Crippen molar-refractivity contribution in [1.29, 1.82) is 0 Å². The van der Waals surface area contributed by atoms with E-state index in [2.05, 4.69) is 10.2 Å². The number of nitrogens with zero attached hydrogens (tertiary/aromatic N) is 2. The van der Waals surface area contributed by atoms with E-state index in [0.717, 1.165) is 16.3 Å². The first kappa shape index (κ1) is 19.4. The molecule has 5 nitrogen and oxygen atoms in total. The largest absolute Gasteiger partial charge is 0.416 e. The summed E-state index contributed by atoms with van der Waals surface area (Å²) in [6.07, 6.45) is 2.16. The van der Waals surface area contributed by atoms with Gasteiger partial charge in [-0.3, -0.25) is 0 Å². The molecule has 0 saturated heterocycles. The molecule has 0 fully saturated rings. The zero-order chi connectivity index (χ0) is 20.1. The van der Waals surface area contributed by atoms with Crippen LogP contribution < -0.4 is 0 Å². The highest BCUT2D eigenvalue weighted by Gasteiger charge is 2.11. The van der Waals surface area contributed by atoms with Crippen LogP contribution in [0, 0.1) is 0 Å². The predicted molar refractivity (Wildman–Crippen MR) is 115 cm³/mol. The average Bonchev–Trinajstić information content (AvgIpc) is 3.19. The van der Waals surface area contributed by atoms with Gasteiger partial charge in [-0.05, 0) is 28.5 Å². The van der Waals surface area contributed by atoms with Crippen molar-refractivity contribution in [3.8, 4) is 0 Å². The summed E-state index contributed by atoms with van der Waals surface area (Å²) in [6.45, 7) is 0. The van der Waals surface area contributed by atoms with Gasteiger partial charge in [0.25, 0.3) is 5.22 Å². The lowest BCUT2D eigenvalue weighted by Gasteiger charge is -2.02. The van der Waals surface area contributed by atoms with Gasteiger partial charge in [-0.25, -0.2) is 8.42 Å². The summed E-state index contributed by atoms with van der Waals surface area (Å²) < 4.78 is 30.7. The normalized spacial score (nSPS) is 12.0. The number of hydrogen-bond acceptors (Lipinski definition) is 6. The standard InChI is InChI=1S/C22H18N2O3S2/c25-29(26,20-12-11-18-9-4-5-10-19(18)16-20)14-6-13-28-22-24-23-21(27-22)15-17-7-2-1-3-8-17/h1-12,14,16H,13,15H2/b14-6+. The smallest absolute Gasteiger partial charge is 0.276 e. The van der Waals surface area contributed by atoms with Gasteiger partial charge in [-0.2, -0.15) is 0 Å². The number of fused-ring (bicyclic) bond motifs is 1. The van der Waals surface area contributed by atoms with E-state index in [9.17, 15) is 8.42 Å². The Bertz CT molecular complexity index is 1250. The van der Waals surface area contributed by atoms with Crippen molar-refractivity contribution < 1.29 is 12.8 Å². The van der Waals surface area contributed by atoms with Crippen molar-refractivity contribution in [2.45, 2.75) is 16.5 Å². The van der Waals surface area contributed by atoms with Crippen LogP contribution in [0.5, 0.6) is 0 Å². The van der Waals surface area contributed by atoms with Gasteiger partial charge in [0.15, 0.2) is 9.84 Å². The summed E-state index contributed by atoms with van der Waals surface area (Å²) in [6, 6.07) is 22.7. The molecule has 4 aromatic rings. The first-order valence-electron chi connectivity index (χ1n) is 9.00. The van der Waals surface area contributed by atoms with E-state index in [1.54, 1.807) is 18.2 Å². The number of aromatic nitrogens is 2. The zero-order valence-electron chi connectivity index (χ0n) is 15.4. The van der Waals surface area contributed by atoms with Gasteiger partial charge in [0.1, 0.15) is 0 Å². The van der Waals surface area contributed by atoms with Crippen LogP contribution in [0.4, 0.5) is 0 Å². The van der Waals surface area contributed by atoms with Crippen LogP contribution in [0.2, 0.25) is 0 Å². The topological polar surface area (TPSA) is 73.1 Å². The van der Waals surface area contributed by atoms with Crippen LogP contribution in [0.3, 0.4) is 0 Å². The average molecular weight is 423 g/mol. The third kappa shape index (κ3) is 4.93. The highest BCUT2D eigenvalue weighted by molar-refractivity contribution is 7.99. The van der Waals surface area contributed by atoms with Gasteiger partial charge in [-0.15, -0.1) is 10.2 Å². The van der Waals surface area contributed by atoms with E-state index in [1.165, 1.54) is 17.2 Å². The third-order valence-corrected chi connectivity index (χ3v) is 6.51. The monoisotopic (exact) mass is 422 g/mol. The molecule has 0 N–H and O–H groups in total. The molecule has 0 atom stereocenters. The molecule has 29 heavy (non-hydrogen) atoms. The van der Waals surface area contributed by atoms with Crippen LogP contribution in [0.1, 0.15) is 11.5 Å². The number of benzene rings is 3. The molecule has 3 aromatic carbocycles. The summed E-state index contributed by atoms with van der Waals surface area (Å²) in [7, 11) is -3.50. The number of hydrogen-bond donors (Lipinski definition) is 0. The molecule has 0 bridgehead atoms. The fourth-order valence-corrected chi connectivity index (χ4v) is 4.61. The Morgan fingerprint density at radius 3 is 2.48 bits per heavy atom. The Morgan fingerprint density at radius 1 is 0.897 bits per heavy atom. The van der Waals surface area contributed by atoms with E-state index in [4.69, 9.17) is 4.42 Å². The van der Waals surface area contributed by atoms with E-state index in [1.807, 2.05) is 60.7 Å². The Labute approximate surface area is 173 Å². The van der Waals surface area contributed by atoms with E-state index < -0.39 is 9.84 Å². The van der Waals surface area contributed by atoms with Crippen molar-refractivity contribution in [3.05, 3.63) is 95.7 Å². The summed E-state index contributed by atoms with van der Waals surface area (Å²) in [5.74, 6) is 0.950. The Kier molecular flexibility index (Phi) is 5.78. The molecule has 7 heteroatoms. The predicted octanol–water partition coefficient (Wildman–Crippen LogP) is 4.89. The van der Waals surface area contributed by atoms with Gasteiger partial charge >= 0.3 is 0 Å². The first-order valence-corrected chi connectivity index (χ1v) is 11.5. The maximum atomic E-state index is 12.5. The molecular formula is C22H18N2O3S2. The molecule has 0 unspecified atom stereocenters. The van der Waals surface area contributed by atoms with Gasteiger partial charge in [0.2, 0.25) is 5.89 Å². The molecule has 0 spiro atoms. The Balaban J connectivity index is 1.37. The second kappa shape index (κ2) is 8.63. The highest BCUT2D eigenvalue weighted by atomic mass is 32.2. The second-order valence-electron chi connectivity index (χ2n) is 6.36. The van der Waals surface area contributed by atoms with Crippen molar-refractivity contribution in [3.63, 3.8) is 0 Å². The van der Waals surface area contributed by atoms with E-state index >= 15 is 0 Å². The summed E-state index contributed by atoms with van der Waals surface area (Å²) in [5.41, 5.74) is 1.09. The van der Waals surface area contributed by atoms with E-state index in [-0.39, 0.29) is 4.90 Å². The quantitative estimate of drug-likeness (QED) is 0.395. The lowest BCUT2D eigenvalue weighted by molar-refractivity contribution is 0.420. The fraction of sp³-hybridized carbons (Fsp3) is 0.0909. The molecule has 0 aliphatic heterocycles. The lowest BCUT2D eigenvalue weighted by Crippen LogP contribution is -1.96. The van der Waals surface area contributed by atoms with Crippen LogP contribution in [-0.2, 0) is 16.3 Å². The summed E-state index contributed by atoms with van der Waals surface area (Å²) in [5, 5.41) is 11.6. The molecule has 146 valence electrons. The van der Waals surface area contributed by atoms with Gasteiger partial charge < -0.3 is 4.42 Å².